The molecular formula is C15H21NO. The number of benzene rings is 1. The molecule has 1 saturated carbocycles. The molecule has 1 saturated heterocycles. The molecule has 0 bridgehead atoms. The number of hydrogen-bond donors (Lipinski definition) is 1. The molecule has 2 nitrogen and oxygen atoms in total. The van der Waals surface area contributed by atoms with E-state index < -0.39 is 0 Å². The third-order valence-corrected chi connectivity index (χ3v) is 4.06. The minimum Gasteiger partial charge on any atom is -0.373 e. The first kappa shape index (κ1) is 11.2. The lowest BCUT2D eigenvalue weighted by Gasteiger charge is -2.31. The van der Waals surface area contributed by atoms with Crippen LogP contribution in [0.25, 0.3) is 0 Å². The highest BCUT2D eigenvalue weighted by atomic mass is 16.5. The average molecular weight is 231 g/mol. The average Bonchev–Trinajstić information content (AvgIpc) is 3.23. The highest BCUT2D eigenvalue weighted by Crippen LogP contribution is 2.41. The second-order valence-electron chi connectivity index (χ2n) is 5.37. The molecule has 1 aromatic carbocycles. The van der Waals surface area contributed by atoms with Gasteiger partial charge in [-0.25, -0.2) is 0 Å². The zero-order chi connectivity index (χ0) is 11.7. The predicted molar refractivity (Wildman–Crippen MR) is 68.9 cm³/mol. The van der Waals surface area contributed by atoms with Gasteiger partial charge in [0, 0.05) is 12.5 Å². The summed E-state index contributed by atoms with van der Waals surface area (Å²) >= 11 is 0. The van der Waals surface area contributed by atoms with Gasteiger partial charge in [-0.15, -0.1) is 0 Å². The first-order chi connectivity index (χ1) is 8.38. The van der Waals surface area contributed by atoms with E-state index in [0.29, 0.717) is 5.92 Å². The van der Waals surface area contributed by atoms with E-state index in [9.17, 15) is 0 Å². The van der Waals surface area contributed by atoms with Gasteiger partial charge < -0.3 is 10.5 Å². The van der Waals surface area contributed by atoms with E-state index >= 15 is 0 Å². The molecule has 2 aliphatic rings. The molecule has 2 fully saturated rings. The minimum atomic E-state index is 0.224. The van der Waals surface area contributed by atoms with Crippen molar-refractivity contribution in [3.05, 3.63) is 35.4 Å². The molecule has 2 unspecified atom stereocenters. The predicted octanol–water partition coefficient (Wildman–Crippen LogP) is 2.99. The molecule has 1 aliphatic carbocycles. The highest BCUT2D eigenvalue weighted by molar-refractivity contribution is 5.29. The van der Waals surface area contributed by atoms with Gasteiger partial charge in [0.15, 0.2) is 0 Å². The number of rotatable bonds is 3. The van der Waals surface area contributed by atoms with Gasteiger partial charge >= 0.3 is 0 Å². The number of nitrogens with two attached hydrogens (primary N) is 1. The first-order valence-electron chi connectivity index (χ1n) is 6.80. The van der Waals surface area contributed by atoms with Gasteiger partial charge in [0.2, 0.25) is 0 Å². The van der Waals surface area contributed by atoms with Crippen molar-refractivity contribution in [3.63, 3.8) is 0 Å². The normalized spacial score (nSPS) is 29.2. The smallest absolute Gasteiger partial charge is 0.0865 e. The van der Waals surface area contributed by atoms with Crippen molar-refractivity contribution in [3.8, 4) is 0 Å². The van der Waals surface area contributed by atoms with Crippen molar-refractivity contribution in [1.29, 1.82) is 0 Å². The topological polar surface area (TPSA) is 35.2 Å². The standard InChI is InChI=1S/C15H21NO/c16-10-14-2-1-9-17-15(14)13-7-5-12(6-8-13)11-3-4-11/h5-8,11,14-15H,1-4,9-10,16H2. The summed E-state index contributed by atoms with van der Waals surface area (Å²) in [5.41, 5.74) is 8.64. The largest absolute Gasteiger partial charge is 0.373 e. The molecule has 2 N–H and O–H groups in total. The molecule has 0 spiro atoms. The van der Waals surface area contributed by atoms with Crippen molar-refractivity contribution in [1.82, 2.24) is 0 Å². The summed E-state index contributed by atoms with van der Waals surface area (Å²) in [4.78, 5) is 0. The molecule has 0 radical (unpaired) electrons. The van der Waals surface area contributed by atoms with Crippen molar-refractivity contribution >= 4 is 0 Å². The fraction of sp³-hybridized carbons (Fsp3) is 0.600. The summed E-state index contributed by atoms with van der Waals surface area (Å²) in [5.74, 6) is 1.33. The molecular weight excluding hydrogens is 210 g/mol. The summed E-state index contributed by atoms with van der Waals surface area (Å²) in [6, 6.07) is 9.04. The Morgan fingerprint density at radius 2 is 1.76 bits per heavy atom. The molecule has 17 heavy (non-hydrogen) atoms. The maximum absolute atomic E-state index is 5.90. The summed E-state index contributed by atoms with van der Waals surface area (Å²) in [7, 11) is 0. The third kappa shape index (κ3) is 2.38. The van der Waals surface area contributed by atoms with Crippen LogP contribution in [0.5, 0.6) is 0 Å². The Bertz CT molecular complexity index is 369. The Balaban J connectivity index is 1.76. The lowest BCUT2D eigenvalue weighted by molar-refractivity contribution is -0.0251. The zero-order valence-corrected chi connectivity index (χ0v) is 10.3. The molecule has 0 aromatic heterocycles. The second-order valence-corrected chi connectivity index (χ2v) is 5.37. The molecule has 3 rings (SSSR count). The number of ether oxygens (including phenoxy) is 1. The van der Waals surface area contributed by atoms with E-state index in [1.54, 1.807) is 0 Å². The van der Waals surface area contributed by atoms with E-state index in [-0.39, 0.29) is 6.10 Å². The van der Waals surface area contributed by atoms with Gasteiger partial charge in [0.25, 0.3) is 0 Å². The molecule has 1 heterocycles. The summed E-state index contributed by atoms with van der Waals surface area (Å²) in [6.45, 7) is 1.61. The van der Waals surface area contributed by atoms with Crippen LogP contribution in [0.3, 0.4) is 0 Å². The van der Waals surface area contributed by atoms with E-state index in [4.69, 9.17) is 10.5 Å². The Kier molecular flexibility index (Phi) is 3.17. The molecule has 0 amide bonds. The van der Waals surface area contributed by atoms with Crippen LogP contribution in [-0.2, 0) is 4.74 Å². The molecule has 1 aromatic rings. The quantitative estimate of drug-likeness (QED) is 0.868. The van der Waals surface area contributed by atoms with Gasteiger partial charge in [-0.1, -0.05) is 24.3 Å². The Morgan fingerprint density at radius 1 is 1.06 bits per heavy atom. The van der Waals surface area contributed by atoms with Gasteiger partial charge in [-0.05, 0) is 49.3 Å². The fourth-order valence-electron chi connectivity index (χ4n) is 2.83. The van der Waals surface area contributed by atoms with Crippen molar-refractivity contribution < 1.29 is 4.74 Å². The van der Waals surface area contributed by atoms with E-state index in [2.05, 4.69) is 24.3 Å². The Hall–Kier alpha value is -0.860. The summed E-state index contributed by atoms with van der Waals surface area (Å²) < 4.78 is 5.90. The van der Waals surface area contributed by atoms with Crippen LogP contribution in [-0.4, -0.2) is 13.2 Å². The summed E-state index contributed by atoms with van der Waals surface area (Å²) in [5, 5.41) is 0. The van der Waals surface area contributed by atoms with E-state index in [1.165, 1.54) is 30.4 Å². The zero-order valence-electron chi connectivity index (χ0n) is 10.3. The SMILES string of the molecule is NCC1CCCOC1c1ccc(C2CC2)cc1. The molecule has 2 heteroatoms. The Morgan fingerprint density at radius 3 is 2.41 bits per heavy atom. The van der Waals surface area contributed by atoms with Crippen LogP contribution >= 0.6 is 0 Å². The second kappa shape index (κ2) is 4.79. The van der Waals surface area contributed by atoms with Crippen molar-refractivity contribution in [2.24, 2.45) is 11.7 Å². The molecule has 2 atom stereocenters. The minimum absolute atomic E-state index is 0.224. The van der Waals surface area contributed by atoms with Crippen LogP contribution in [0, 0.1) is 5.92 Å². The van der Waals surface area contributed by atoms with Crippen LogP contribution in [0.1, 0.15) is 48.8 Å². The van der Waals surface area contributed by atoms with Crippen LogP contribution in [0.2, 0.25) is 0 Å². The lowest BCUT2D eigenvalue weighted by atomic mass is 9.89. The fourth-order valence-corrected chi connectivity index (χ4v) is 2.83. The van der Waals surface area contributed by atoms with Gasteiger partial charge in [0.1, 0.15) is 0 Å². The van der Waals surface area contributed by atoms with Gasteiger partial charge in [0.05, 0.1) is 6.10 Å². The van der Waals surface area contributed by atoms with Crippen LogP contribution in [0.15, 0.2) is 24.3 Å². The van der Waals surface area contributed by atoms with Crippen molar-refractivity contribution in [2.45, 2.75) is 37.7 Å². The maximum atomic E-state index is 5.90. The van der Waals surface area contributed by atoms with Gasteiger partial charge in [-0.2, -0.15) is 0 Å². The maximum Gasteiger partial charge on any atom is 0.0865 e. The Labute approximate surface area is 103 Å². The summed E-state index contributed by atoms with van der Waals surface area (Å²) in [6.07, 6.45) is 5.31. The van der Waals surface area contributed by atoms with Crippen LogP contribution < -0.4 is 5.73 Å². The first-order valence-corrected chi connectivity index (χ1v) is 6.80. The van der Waals surface area contributed by atoms with E-state index in [0.717, 1.165) is 25.5 Å². The van der Waals surface area contributed by atoms with E-state index in [1.807, 2.05) is 0 Å². The van der Waals surface area contributed by atoms with Crippen molar-refractivity contribution in [2.75, 3.05) is 13.2 Å². The lowest BCUT2D eigenvalue weighted by Crippen LogP contribution is -2.28. The monoisotopic (exact) mass is 231 g/mol. The highest BCUT2D eigenvalue weighted by Gasteiger charge is 2.27. The van der Waals surface area contributed by atoms with Gasteiger partial charge in [-0.3, -0.25) is 0 Å². The molecule has 1 aliphatic heterocycles. The number of hydrogen-bond acceptors (Lipinski definition) is 2. The molecule has 92 valence electrons. The van der Waals surface area contributed by atoms with Crippen LogP contribution in [0.4, 0.5) is 0 Å². The third-order valence-electron chi connectivity index (χ3n) is 4.06.